The molecule has 1 aliphatic heterocycles. The van der Waals surface area contributed by atoms with E-state index in [9.17, 15) is 13.0 Å². The number of nitrogens with zero attached hydrogens (tertiary/aromatic N) is 1. The van der Waals surface area contributed by atoms with Gasteiger partial charge in [-0.05, 0) is 0 Å². The molecule has 0 unspecified atom stereocenters. The first-order valence-electron chi connectivity index (χ1n) is 4.76. The molecule has 0 spiro atoms. The summed E-state index contributed by atoms with van der Waals surface area (Å²) in [6.45, 7) is 3.99. The van der Waals surface area contributed by atoms with Crippen LogP contribution in [0.5, 0.6) is 0 Å². The summed E-state index contributed by atoms with van der Waals surface area (Å²) in [6.07, 6.45) is 0.447. The summed E-state index contributed by atoms with van der Waals surface area (Å²) >= 11 is 0. The van der Waals surface area contributed by atoms with E-state index in [0.29, 0.717) is 6.42 Å². The molecular formula is C8H17NO4S. The number of morpholine rings is 1. The van der Waals surface area contributed by atoms with Crippen LogP contribution in [0.1, 0.15) is 6.42 Å². The van der Waals surface area contributed by atoms with Gasteiger partial charge in [0.1, 0.15) is 13.1 Å². The van der Waals surface area contributed by atoms with E-state index in [2.05, 4.69) is 7.05 Å². The van der Waals surface area contributed by atoms with Crippen LogP contribution in [0.25, 0.3) is 0 Å². The van der Waals surface area contributed by atoms with Gasteiger partial charge in [-0.1, -0.05) is 0 Å². The molecule has 0 saturated carbocycles. The zero-order chi connectivity index (χ0) is 10.7. The summed E-state index contributed by atoms with van der Waals surface area (Å²) in [6, 6.07) is 0. The fourth-order valence-corrected chi connectivity index (χ4v) is 2.11. The molecule has 0 aromatic rings. The number of quaternary nitrogens is 1. The van der Waals surface area contributed by atoms with E-state index in [0.717, 1.165) is 37.3 Å². The Bertz CT molecular complexity index is 269. The van der Waals surface area contributed by atoms with Gasteiger partial charge in [0, 0.05) is 12.2 Å². The molecule has 0 atom stereocenters. The van der Waals surface area contributed by atoms with E-state index < -0.39 is 10.1 Å². The molecule has 1 rings (SSSR count). The van der Waals surface area contributed by atoms with Gasteiger partial charge in [-0.25, -0.2) is 8.42 Å². The summed E-state index contributed by atoms with van der Waals surface area (Å²) in [5, 5.41) is 0. The molecule has 0 bridgehead atoms. The molecule has 6 heteroatoms. The average molecular weight is 223 g/mol. The van der Waals surface area contributed by atoms with Gasteiger partial charge in [-0.15, -0.1) is 0 Å². The van der Waals surface area contributed by atoms with E-state index in [-0.39, 0.29) is 5.75 Å². The minimum atomic E-state index is -4.04. The lowest BCUT2D eigenvalue weighted by atomic mass is 10.3. The van der Waals surface area contributed by atoms with Crippen LogP contribution in [0.2, 0.25) is 0 Å². The van der Waals surface area contributed by atoms with Crippen LogP contribution in [-0.2, 0) is 14.9 Å². The number of ether oxygens (including phenoxy) is 1. The van der Waals surface area contributed by atoms with Crippen LogP contribution >= 0.6 is 0 Å². The molecule has 0 aromatic carbocycles. The Hall–Kier alpha value is -0.170. The number of hydrogen-bond acceptors (Lipinski definition) is 4. The van der Waals surface area contributed by atoms with E-state index in [4.69, 9.17) is 4.74 Å². The first kappa shape index (κ1) is 11.9. The maximum Gasteiger partial charge on any atom is 0.102 e. The Balaban J connectivity index is 2.29. The molecule has 0 aliphatic carbocycles. The minimum Gasteiger partial charge on any atom is -0.748 e. The Morgan fingerprint density at radius 3 is 2.43 bits per heavy atom. The molecule has 14 heavy (non-hydrogen) atoms. The lowest BCUT2D eigenvalue weighted by Crippen LogP contribution is -2.52. The normalized spacial score (nSPS) is 22.1. The van der Waals surface area contributed by atoms with Crippen molar-refractivity contribution in [2.75, 3.05) is 45.6 Å². The van der Waals surface area contributed by atoms with Gasteiger partial charge in [-0.3, -0.25) is 0 Å². The molecule has 1 saturated heterocycles. The van der Waals surface area contributed by atoms with Crippen LogP contribution in [0.3, 0.4) is 0 Å². The van der Waals surface area contributed by atoms with E-state index in [1.807, 2.05) is 0 Å². The van der Waals surface area contributed by atoms with Crippen molar-refractivity contribution in [1.82, 2.24) is 0 Å². The average Bonchev–Trinajstić information content (AvgIpc) is 2.02. The molecule has 1 heterocycles. The quantitative estimate of drug-likeness (QED) is 0.471. The number of likely N-dealkylation sites (N-methyl/N-ethyl adjacent to an activating group) is 1. The highest BCUT2D eigenvalue weighted by Gasteiger charge is 2.24. The van der Waals surface area contributed by atoms with Gasteiger partial charge in [0.05, 0.1) is 36.9 Å². The third kappa shape index (κ3) is 4.36. The second-order valence-electron chi connectivity index (χ2n) is 4.02. The second kappa shape index (κ2) is 4.57. The van der Waals surface area contributed by atoms with E-state index in [1.165, 1.54) is 0 Å². The zero-order valence-electron chi connectivity index (χ0n) is 8.44. The monoisotopic (exact) mass is 223 g/mol. The highest BCUT2D eigenvalue weighted by molar-refractivity contribution is 7.85. The van der Waals surface area contributed by atoms with E-state index >= 15 is 0 Å². The maximum atomic E-state index is 10.4. The predicted octanol–water partition coefficient (Wildman–Crippen LogP) is -0.601. The molecule has 1 aliphatic rings. The third-order valence-corrected chi connectivity index (χ3v) is 3.43. The molecule has 0 aromatic heterocycles. The fourth-order valence-electron chi connectivity index (χ4n) is 1.63. The summed E-state index contributed by atoms with van der Waals surface area (Å²) < 4.78 is 37.2. The minimum absolute atomic E-state index is 0.248. The third-order valence-electron chi connectivity index (χ3n) is 2.64. The molecule has 84 valence electrons. The van der Waals surface area contributed by atoms with Gasteiger partial charge in [0.2, 0.25) is 0 Å². The highest BCUT2D eigenvalue weighted by Crippen LogP contribution is 2.08. The van der Waals surface area contributed by atoms with Crippen molar-refractivity contribution in [3.05, 3.63) is 0 Å². The van der Waals surface area contributed by atoms with Gasteiger partial charge in [-0.2, -0.15) is 0 Å². The molecule has 1 fully saturated rings. The van der Waals surface area contributed by atoms with Gasteiger partial charge >= 0.3 is 0 Å². The van der Waals surface area contributed by atoms with Gasteiger partial charge < -0.3 is 13.8 Å². The topological polar surface area (TPSA) is 66.4 Å². The molecular weight excluding hydrogens is 206 g/mol. The van der Waals surface area contributed by atoms with Gasteiger partial charge in [0.15, 0.2) is 0 Å². The lowest BCUT2D eigenvalue weighted by Gasteiger charge is -2.37. The first-order chi connectivity index (χ1) is 6.41. The van der Waals surface area contributed by atoms with Crippen molar-refractivity contribution in [1.29, 1.82) is 0 Å². The summed E-state index contributed by atoms with van der Waals surface area (Å²) in [5.41, 5.74) is 0. The summed E-state index contributed by atoms with van der Waals surface area (Å²) in [5.74, 6) is -0.248. The standard InChI is InChI=1S/C8H17NO4S/c1-9(4-6-13-7-5-9)3-2-8-14(10,11)12/h2-8H2,1H3. The van der Waals surface area contributed by atoms with Crippen molar-refractivity contribution in [2.24, 2.45) is 0 Å². The van der Waals surface area contributed by atoms with Crippen LogP contribution in [-0.4, -0.2) is 63.1 Å². The summed E-state index contributed by atoms with van der Waals surface area (Å²) in [7, 11) is -1.97. The molecule has 0 radical (unpaired) electrons. The predicted molar refractivity (Wildman–Crippen MR) is 50.8 cm³/mol. The van der Waals surface area contributed by atoms with Crippen LogP contribution < -0.4 is 0 Å². The Morgan fingerprint density at radius 2 is 1.93 bits per heavy atom. The summed E-state index contributed by atoms with van der Waals surface area (Å²) in [4.78, 5) is 0. The largest absolute Gasteiger partial charge is 0.748 e. The number of rotatable bonds is 4. The maximum absolute atomic E-state index is 10.4. The number of hydrogen-bond donors (Lipinski definition) is 0. The second-order valence-corrected chi connectivity index (χ2v) is 5.54. The SMILES string of the molecule is C[N+]1(CCCS(=O)(=O)[O-])CCOCC1. The van der Waals surface area contributed by atoms with Crippen LogP contribution in [0.15, 0.2) is 0 Å². The molecule has 5 nitrogen and oxygen atoms in total. The first-order valence-corrected chi connectivity index (χ1v) is 6.34. The Kier molecular flexibility index (Phi) is 3.88. The Morgan fingerprint density at radius 1 is 1.36 bits per heavy atom. The van der Waals surface area contributed by atoms with Crippen molar-refractivity contribution < 1.29 is 22.2 Å². The highest BCUT2D eigenvalue weighted by atomic mass is 32.2. The molecule has 0 amide bonds. The smallest absolute Gasteiger partial charge is 0.102 e. The van der Waals surface area contributed by atoms with Crippen molar-refractivity contribution >= 4 is 10.1 Å². The Labute approximate surface area is 85.0 Å². The zero-order valence-corrected chi connectivity index (χ0v) is 9.25. The van der Waals surface area contributed by atoms with Crippen LogP contribution in [0, 0.1) is 0 Å². The lowest BCUT2D eigenvalue weighted by molar-refractivity contribution is -0.916. The molecule has 0 N–H and O–H groups in total. The van der Waals surface area contributed by atoms with Crippen molar-refractivity contribution in [3.63, 3.8) is 0 Å². The van der Waals surface area contributed by atoms with Crippen molar-refractivity contribution in [2.45, 2.75) is 6.42 Å². The van der Waals surface area contributed by atoms with E-state index in [1.54, 1.807) is 0 Å². The van der Waals surface area contributed by atoms with Crippen LogP contribution in [0.4, 0.5) is 0 Å². The van der Waals surface area contributed by atoms with Crippen molar-refractivity contribution in [3.8, 4) is 0 Å². The fraction of sp³-hybridized carbons (Fsp3) is 1.00. The van der Waals surface area contributed by atoms with Gasteiger partial charge in [0.25, 0.3) is 0 Å².